The first-order valence-corrected chi connectivity index (χ1v) is 19.8. The molecule has 0 atom stereocenters. The lowest BCUT2D eigenvalue weighted by Crippen LogP contribution is -2.16. The second-order valence-electron chi connectivity index (χ2n) is 18.2. The predicted octanol–water partition coefficient (Wildman–Crippen LogP) is 15.5. The molecule has 0 radical (unpaired) electrons. The van der Waals surface area contributed by atoms with E-state index in [1.54, 1.807) is 0 Å². The molecule has 0 saturated heterocycles. The Morgan fingerprint density at radius 1 is 0.464 bits per heavy atom. The fraction of sp³-hybridized carbons (Fsp3) is 0.208. The molecule has 2 heterocycles. The van der Waals surface area contributed by atoms with Gasteiger partial charge in [0.25, 0.3) is 0 Å². The van der Waals surface area contributed by atoms with Gasteiger partial charge in [0, 0.05) is 39.0 Å². The zero-order valence-corrected chi connectivity index (χ0v) is 33.5. The van der Waals surface area contributed by atoms with Crippen molar-refractivity contribution >= 4 is 60.9 Å². The summed E-state index contributed by atoms with van der Waals surface area (Å²) in [5, 5.41) is 4.53. The summed E-state index contributed by atoms with van der Waals surface area (Å²) < 4.78 is 13.6. The largest absolute Gasteiger partial charge is 0.456 e. The van der Waals surface area contributed by atoms with Gasteiger partial charge >= 0.3 is 0 Å². The number of hydrogen-bond donors (Lipinski definition) is 0. The summed E-state index contributed by atoms with van der Waals surface area (Å²) >= 11 is 0. The molecule has 0 bridgehead atoms. The van der Waals surface area contributed by atoms with Crippen LogP contribution in [0.5, 0.6) is 0 Å². The number of hydrogen-bond acceptors (Lipinski definition) is 3. The summed E-state index contributed by atoms with van der Waals surface area (Å²) in [5.74, 6) is 0. The van der Waals surface area contributed by atoms with Crippen molar-refractivity contribution in [1.29, 1.82) is 0 Å². The minimum Gasteiger partial charge on any atom is -0.456 e. The lowest BCUT2D eigenvalue weighted by molar-refractivity contribution is 0.569. The Labute approximate surface area is 329 Å². The van der Waals surface area contributed by atoms with Gasteiger partial charge in [-0.25, -0.2) is 0 Å². The highest BCUT2D eigenvalue weighted by Gasteiger charge is 2.36. The van der Waals surface area contributed by atoms with E-state index in [0.29, 0.717) is 0 Å². The Morgan fingerprint density at radius 2 is 1.11 bits per heavy atom. The summed E-state index contributed by atoms with van der Waals surface area (Å²) in [5.41, 5.74) is 16.7. The van der Waals surface area contributed by atoms with Crippen LogP contribution >= 0.6 is 0 Å². The summed E-state index contributed by atoms with van der Waals surface area (Å²) in [4.78, 5) is 2.41. The van der Waals surface area contributed by atoms with E-state index in [4.69, 9.17) is 8.83 Å². The summed E-state index contributed by atoms with van der Waals surface area (Å²) in [6.45, 7) is 18.4. The predicted molar refractivity (Wildman–Crippen MR) is 236 cm³/mol. The Kier molecular flexibility index (Phi) is 7.36. The molecule has 56 heavy (non-hydrogen) atoms. The van der Waals surface area contributed by atoms with Gasteiger partial charge in [0.1, 0.15) is 22.3 Å². The third kappa shape index (κ3) is 5.17. The van der Waals surface area contributed by atoms with Gasteiger partial charge in [0.2, 0.25) is 0 Å². The smallest absolute Gasteiger partial charge is 0.137 e. The van der Waals surface area contributed by atoms with Crippen LogP contribution in [0.15, 0.2) is 148 Å². The fourth-order valence-electron chi connectivity index (χ4n) is 9.21. The monoisotopic (exact) mass is 729 g/mol. The number of nitrogens with zero attached hydrogens (tertiary/aromatic N) is 1. The first-order chi connectivity index (χ1) is 26.8. The van der Waals surface area contributed by atoms with Gasteiger partial charge in [-0.15, -0.1) is 0 Å². The number of anilines is 3. The first kappa shape index (κ1) is 34.4. The molecule has 0 aliphatic heterocycles. The highest BCUT2D eigenvalue weighted by atomic mass is 16.3. The molecule has 0 saturated carbocycles. The van der Waals surface area contributed by atoms with Crippen molar-refractivity contribution in [3.8, 4) is 22.3 Å². The third-order valence-electron chi connectivity index (χ3n) is 12.1. The van der Waals surface area contributed by atoms with Crippen molar-refractivity contribution in [3.05, 3.63) is 162 Å². The molecule has 0 spiro atoms. The van der Waals surface area contributed by atoms with Crippen molar-refractivity contribution in [1.82, 2.24) is 0 Å². The van der Waals surface area contributed by atoms with E-state index >= 15 is 0 Å². The average molecular weight is 730 g/mol. The molecule has 7 aromatic carbocycles. The molecule has 1 aliphatic rings. The van der Waals surface area contributed by atoms with Crippen LogP contribution in [0, 0.1) is 0 Å². The number of rotatable bonds is 4. The van der Waals surface area contributed by atoms with Gasteiger partial charge in [0.15, 0.2) is 0 Å². The Morgan fingerprint density at radius 3 is 1.88 bits per heavy atom. The van der Waals surface area contributed by atoms with E-state index in [2.05, 4.69) is 200 Å². The molecule has 9 aromatic rings. The molecule has 276 valence electrons. The maximum Gasteiger partial charge on any atom is 0.137 e. The normalized spacial score (nSPS) is 13.9. The van der Waals surface area contributed by atoms with E-state index in [-0.39, 0.29) is 16.2 Å². The van der Waals surface area contributed by atoms with Crippen molar-refractivity contribution < 1.29 is 8.83 Å². The summed E-state index contributed by atoms with van der Waals surface area (Å²) in [6.07, 6.45) is 0. The van der Waals surface area contributed by atoms with Crippen molar-refractivity contribution in [3.63, 3.8) is 0 Å². The fourth-order valence-corrected chi connectivity index (χ4v) is 9.21. The van der Waals surface area contributed by atoms with E-state index in [9.17, 15) is 0 Å². The molecule has 0 fully saturated rings. The lowest BCUT2D eigenvalue weighted by Gasteiger charge is -2.28. The van der Waals surface area contributed by atoms with Crippen LogP contribution < -0.4 is 4.90 Å². The van der Waals surface area contributed by atoms with Gasteiger partial charge in [-0.2, -0.15) is 0 Å². The molecular formula is C53H47NO2. The molecule has 0 unspecified atom stereocenters. The van der Waals surface area contributed by atoms with Crippen LogP contribution in [0.2, 0.25) is 0 Å². The molecule has 3 heteroatoms. The SMILES string of the molecule is CC(C)(C)c1cc(C(C)(C)C)c2c(c1)oc1cc(N(c3ccc4c(c3)C(C)(C)c3ccccc3-4)c3cccc4oc5cccc(-c6ccccc6)c5c34)ccc12. The molecule has 3 nitrogen and oxygen atoms in total. The van der Waals surface area contributed by atoms with Crippen molar-refractivity contribution in [2.24, 2.45) is 0 Å². The van der Waals surface area contributed by atoms with Gasteiger partial charge in [-0.3, -0.25) is 0 Å². The van der Waals surface area contributed by atoms with Crippen LogP contribution in [-0.2, 0) is 16.2 Å². The second kappa shape index (κ2) is 12.0. The molecule has 1 aliphatic carbocycles. The van der Waals surface area contributed by atoms with Crippen LogP contribution in [0.3, 0.4) is 0 Å². The maximum atomic E-state index is 6.91. The van der Waals surface area contributed by atoms with Gasteiger partial charge in [-0.05, 0) is 104 Å². The first-order valence-electron chi connectivity index (χ1n) is 19.8. The zero-order chi connectivity index (χ0) is 38.7. The molecule has 0 N–H and O–H groups in total. The topological polar surface area (TPSA) is 29.5 Å². The lowest BCUT2D eigenvalue weighted by atomic mass is 9.79. The maximum absolute atomic E-state index is 6.91. The molecule has 0 amide bonds. The van der Waals surface area contributed by atoms with E-state index in [0.717, 1.165) is 66.7 Å². The minimum atomic E-state index is -0.154. The standard InChI is InChI=1S/C53H47NO2/c1-51(2,3)33-28-42(52(4,5)6)48-39-27-25-35(31-46(39)56-47(48)29-33)54(34-24-26-38-37-18-12-13-20-40(37)53(7,8)41(38)30-34)43-21-15-23-45-50(43)49-36(19-14-22-44(49)55-45)32-16-10-9-11-17-32/h9-31H,1-8H3. The summed E-state index contributed by atoms with van der Waals surface area (Å²) in [6, 6.07) is 50.8. The Bertz CT molecular complexity index is 3020. The minimum absolute atomic E-state index is 0.0131. The molecule has 10 rings (SSSR count). The van der Waals surface area contributed by atoms with E-state index in [1.807, 2.05) is 0 Å². The Hall–Kier alpha value is -6.06. The van der Waals surface area contributed by atoms with E-state index < -0.39 is 0 Å². The van der Waals surface area contributed by atoms with Crippen LogP contribution in [-0.4, -0.2) is 0 Å². The number of fused-ring (bicyclic) bond motifs is 9. The third-order valence-corrected chi connectivity index (χ3v) is 12.1. The van der Waals surface area contributed by atoms with Crippen molar-refractivity contribution in [2.75, 3.05) is 4.90 Å². The number of furan rings is 2. The highest BCUT2D eigenvalue weighted by Crippen LogP contribution is 2.52. The number of benzene rings is 7. The average Bonchev–Trinajstić information content (AvgIpc) is 3.82. The van der Waals surface area contributed by atoms with Crippen LogP contribution in [0.25, 0.3) is 66.1 Å². The van der Waals surface area contributed by atoms with E-state index in [1.165, 1.54) is 38.8 Å². The van der Waals surface area contributed by atoms with Crippen LogP contribution in [0.1, 0.15) is 77.6 Å². The van der Waals surface area contributed by atoms with Gasteiger partial charge < -0.3 is 13.7 Å². The highest BCUT2D eigenvalue weighted by molar-refractivity contribution is 6.19. The molecule has 2 aromatic heterocycles. The second-order valence-corrected chi connectivity index (χ2v) is 18.2. The van der Waals surface area contributed by atoms with Crippen LogP contribution in [0.4, 0.5) is 17.1 Å². The quantitative estimate of drug-likeness (QED) is 0.181. The van der Waals surface area contributed by atoms with Gasteiger partial charge in [0.05, 0.1) is 11.1 Å². The molecular weight excluding hydrogens is 683 g/mol. The van der Waals surface area contributed by atoms with Gasteiger partial charge in [-0.1, -0.05) is 140 Å². The van der Waals surface area contributed by atoms with Crippen molar-refractivity contribution in [2.45, 2.75) is 71.6 Å². The summed E-state index contributed by atoms with van der Waals surface area (Å²) in [7, 11) is 0. The Balaban J connectivity index is 1.26. The zero-order valence-electron chi connectivity index (χ0n) is 33.5.